The van der Waals surface area contributed by atoms with Crippen LogP contribution in [0.4, 0.5) is 16.2 Å². The molecule has 0 spiro atoms. The third kappa shape index (κ3) is 4.84. The van der Waals surface area contributed by atoms with Crippen LogP contribution in [0.3, 0.4) is 0 Å². The van der Waals surface area contributed by atoms with Crippen molar-refractivity contribution in [2.24, 2.45) is 0 Å². The average molecular weight is 252 g/mol. The summed E-state index contributed by atoms with van der Waals surface area (Å²) in [7, 11) is 1.29. The Labute approximate surface area is 105 Å². The molecule has 6 heteroatoms. The minimum absolute atomic E-state index is 0.0265. The lowest BCUT2D eigenvalue weighted by atomic mass is 10.3. The molecule has 0 heterocycles. The molecule has 0 bridgehead atoms. The van der Waals surface area contributed by atoms with E-state index < -0.39 is 6.09 Å². The van der Waals surface area contributed by atoms with E-state index in [2.05, 4.69) is 15.4 Å². The molecule has 0 saturated carbocycles. The highest BCUT2D eigenvalue weighted by molar-refractivity contribution is 5.92. The van der Waals surface area contributed by atoms with Crippen LogP contribution in [0.2, 0.25) is 0 Å². The van der Waals surface area contributed by atoms with Crippen LogP contribution in [-0.2, 0) is 14.3 Å². The Balaban J connectivity index is 2.49. The molecule has 0 aliphatic rings. The van der Waals surface area contributed by atoms with Gasteiger partial charge in [-0.3, -0.25) is 10.1 Å². The summed E-state index contributed by atoms with van der Waals surface area (Å²) >= 11 is 0. The molecular weight excluding hydrogens is 236 g/mol. The Bertz CT molecular complexity index is 403. The number of hydrogen-bond acceptors (Lipinski definition) is 4. The third-order valence-electron chi connectivity index (χ3n) is 2.04. The van der Waals surface area contributed by atoms with Crippen LogP contribution in [0, 0.1) is 0 Å². The van der Waals surface area contributed by atoms with Crippen molar-refractivity contribution in [2.45, 2.75) is 6.92 Å². The van der Waals surface area contributed by atoms with E-state index in [1.54, 1.807) is 24.3 Å². The zero-order chi connectivity index (χ0) is 13.4. The Kier molecular flexibility index (Phi) is 5.66. The van der Waals surface area contributed by atoms with E-state index in [1.165, 1.54) is 7.11 Å². The molecular formula is C12H16N2O4. The second-order valence-corrected chi connectivity index (χ2v) is 3.38. The Hall–Kier alpha value is -2.08. The summed E-state index contributed by atoms with van der Waals surface area (Å²) in [5.41, 5.74) is 1.22. The quantitative estimate of drug-likeness (QED) is 0.838. The van der Waals surface area contributed by atoms with Crippen LogP contribution in [0.1, 0.15) is 6.92 Å². The lowest BCUT2D eigenvalue weighted by Crippen LogP contribution is -2.18. The van der Waals surface area contributed by atoms with Gasteiger partial charge in [0.25, 0.3) is 0 Å². The molecule has 2 N–H and O–H groups in total. The standard InChI is InChI=1S/C12H16N2O4/c1-3-18-8-11(15)13-9-4-6-10(7-5-9)14-12(16)17-2/h4-7H,3,8H2,1-2H3,(H,13,15)(H,14,16). The molecule has 2 amide bonds. The molecule has 0 unspecified atom stereocenters. The van der Waals surface area contributed by atoms with Crippen LogP contribution < -0.4 is 10.6 Å². The first-order valence-corrected chi connectivity index (χ1v) is 5.48. The largest absolute Gasteiger partial charge is 0.453 e. The molecule has 0 aromatic heterocycles. The molecule has 0 radical (unpaired) electrons. The van der Waals surface area contributed by atoms with E-state index in [1.807, 2.05) is 6.92 Å². The smallest absolute Gasteiger partial charge is 0.411 e. The molecule has 0 saturated heterocycles. The molecule has 0 aliphatic carbocycles. The number of carbonyl (C=O) groups excluding carboxylic acids is 2. The first-order chi connectivity index (χ1) is 8.65. The van der Waals surface area contributed by atoms with Crippen molar-refractivity contribution in [2.75, 3.05) is 31.0 Å². The van der Waals surface area contributed by atoms with E-state index in [4.69, 9.17) is 4.74 Å². The van der Waals surface area contributed by atoms with Crippen LogP contribution in [0.15, 0.2) is 24.3 Å². The van der Waals surface area contributed by atoms with Gasteiger partial charge < -0.3 is 14.8 Å². The molecule has 1 rings (SSSR count). The Morgan fingerprint density at radius 2 is 1.67 bits per heavy atom. The van der Waals surface area contributed by atoms with Gasteiger partial charge in [-0.1, -0.05) is 0 Å². The molecule has 0 atom stereocenters. The van der Waals surface area contributed by atoms with Crippen LogP contribution in [0.25, 0.3) is 0 Å². The van der Waals surface area contributed by atoms with Gasteiger partial charge in [-0.25, -0.2) is 4.79 Å². The van der Waals surface area contributed by atoms with E-state index >= 15 is 0 Å². The van der Waals surface area contributed by atoms with Gasteiger partial charge >= 0.3 is 6.09 Å². The number of amides is 2. The van der Waals surface area contributed by atoms with Gasteiger partial charge in [-0.05, 0) is 31.2 Å². The van der Waals surface area contributed by atoms with Gasteiger partial charge in [0, 0.05) is 18.0 Å². The van der Waals surface area contributed by atoms with Gasteiger partial charge in [0.1, 0.15) is 6.61 Å². The molecule has 18 heavy (non-hydrogen) atoms. The van der Waals surface area contributed by atoms with Gasteiger partial charge in [0.2, 0.25) is 5.91 Å². The van der Waals surface area contributed by atoms with Crippen LogP contribution in [-0.4, -0.2) is 32.3 Å². The van der Waals surface area contributed by atoms with Crippen molar-refractivity contribution < 1.29 is 19.1 Å². The molecule has 98 valence electrons. The van der Waals surface area contributed by atoms with E-state index in [-0.39, 0.29) is 12.5 Å². The second kappa shape index (κ2) is 7.29. The molecule has 0 fully saturated rings. The summed E-state index contributed by atoms with van der Waals surface area (Å²) < 4.78 is 9.43. The lowest BCUT2D eigenvalue weighted by molar-refractivity contribution is -0.120. The molecule has 1 aromatic rings. The van der Waals surface area contributed by atoms with Crippen molar-refractivity contribution in [1.82, 2.24) is 0 Å². The summed E-state index contributed by atoms with van der Waals surface area (Å²) in [6.07, 6.45) is -0.539. The summed E-state index contributed by atoms with van der Waals surface area (Å²) in [5, 5.41) is 5.17. The maximum Gasteiger partial charge on any atom is 0.411 e. The summed E-state index contributed by atoms with van der Waals surface area (Å²) in [6, 6.07) is 6.67. The van der Waals surface area contributed by atoms with Crippen LogP contribution >= 0.6 is 0 Å². The fourth-order valence-corrected chi connectivity index (χ4v) is 1.20. The van der Waals surface area contributed by atoms with Gasteiger partial charge in [0.05, 0.1) is 7.11 Å². The maximum atomic E-state index is 11.4. The summed E-state index contributed by atoms with van der Waals surface area (Å²) in [5.74, 6) is -0.217. The highest BCUT2D eigenvalue weighted by Crippen LogP contribution is 2.13. The minimum atomic E-state index is -0.539. The molecule has 6 nitrogen and oxygen atoms in total. The number of rotatable bonds is 5. The van der Waals surface area contributed by atoms with E-state index in [9.17, 15) is 9.59 Å². The number of benzene rings is 1. The SMILES string of the molecule is CCOCC(=O)Nc1ccc(NC(=O)OC)cc1. The monoisotopic (exact) mass is 252 g/mol. The fraction of sp³-hybridized carbons (Fsp3) is 0.333. The van der Waals surface area contributed by atoms with E-state index in [0.29, 0.717) is 18.0 Å². The number of ether oxygens (including phenoxy) is 2. The highest BCUT2D eigenvalue weighted by Gasteiger charge is 2.03. The predicted octanol–water partition coefficient (Wildman–Crippen LogP) is 1.84. The Morgan fingerprint density at radius 1 is 1.11 bits per heavy atom. The first kappa shape index (κ1) is 14.0. The van der Waals surface area contributed by atoms with Gasteiger partial charge in [-0.2, -0.15) is 0 Å². The van der Waals surface area contributed by atoms with E-state index in [0.717, 1.165) is 0 Å². The van der Waals surface area contributed by atoms with Gasteiger partial charge in [-0.15, -0.1) is 0 Å². The highest BCUT2D eigenvalue weighted by atomic mass is 16.5. The number of anilines is 2. The zero-order valence-corrected chi connectivity index (χ0v) is 10.4. The minimum Gasteiger partial charge on any atom is -0.453 e. The summed E-state index contributed by atoms with van der Waals surface area (Å²) in [6.45, 7) is 2.34. The van der Waals surface area contributed by atoms with Crippen molar-refractivity contribution in [3.63, 3.8) is 0 Å². The number of nitrogens with one attached hydrogen (secondary N) is 2. The topological polar surface area (TPSA) is 76.7 Å². The van der Waals surface area contributed by atoms with Crippen molar-refractivity contribution >= 4 is 23.4 Å². The maximum absolute atomic E-state index is 11.4. The van der Waals surface area contributed by atoms with Crippen molar-refractivity contribution in [1.29, 1.82) is 0 Å². The fourth-order valence-electron chi connectivity index (χ4n) is 1.20. The Morgan fingerprint density at radius 3 is 2.17 bits per heavy atom. The first-order valence-electron chi connectivity index (χ1n) is 5.48. The van der Waals surface area contributed by atoms with Crippen molar-refractivity contribution in [3.8, 4) is 0 Å². The van der Waals surface area contributed by atoms with Crippen molar-refractivity contribution in [3.05, 3.63) is 24.3 Å². The molecule has 0 aliphatic heterocycles. The predicted molar refractivity (Wildman–Crippen MR) is 67.6 cm³/mol. The summed E-state index contributed by atoms with van der Waals surface area (Å²) in [4.78, 5) is 22.3. The van der Waals surface area contributed by atoms with Gasteiger partial charge in [0.15, 0.2) is 0 Å². The second-order valence-electron chi connectivity index (χ2n) is 3.38. The number of carbonyl (C=O) groups is 2. The third-order valence-corrected chi connectivity index (χ3v) is 2.04. The lowest BCUT2D eigenvalue weighted by Gasteiger charge is -2.07. The zero-order valence-electron chi connectivity index (χ0n) is 10.4. The average Bonchev–Trinajstić information content (AvgIpc) is 2.38. The van der Waals surface area contributed by atoms with Crippen LogP contribution in [0.5, 0.6) is 0 Å². The number of methoxy groups -OCH3 is 1. The normalized spacial score (nSPS) is 9.67. The molecule has 1 aromatic carbocycles. The number of hydrogen-bond donors (Lipinski definition) is 2.